The van der Waals surface area contributed by atoms with E-state index < -0.39 is 12.0 Å². The quantitative estimate of drug-likeness (QED) is 0.687. The third-order valence-electron chi connectivity index (χ3n) is 2.62. The number of carbonyl (C=O) groups is 1. The standard InChI is InChI=1S/C11H14N2O2/c1-2-7-3-4-8-9(5-7)12-6-10(13-8)11(14)15/h3-5,10,12-13H,2,6H2,1H3,(H,14,15). The molecule has 1 aromatic carbocycles. The van der Waals surface area contributed by atoms with Gasteiger partial charge in [-0.1, -0.05) is 13.0 Å². The summed E-state index contributed by atoms with van der Waals surface area (Å²) in [6.07, 6.45) is 0.983. The molecule has 1 unspecified atom stereocenters. The lowest BCUT2D eigenvalue weighted by atomic mass is 10.1. The van der Waals surface area contributed by atoms with Gasteiger partial charge >= 0.3 is 5.97 Å². The first-order valence-corrected chi connectivity index (χ1v) is 5.07. The van der Waals surface area contributed by atoms with Crippen LogP contribution in [0.1, 0.15) is 12.5 Å². The van der Waals surface area contributed by atoms with Crippen molar-refractivity contribution in [3.8, 4) is 0 Å². The van der Waals surface area contributed by atoms with Crippen molar-refractivity contribution in [2.24, 2.45) is 0 Å². The highest BCUT2D eigenvalue weighted by Gasteiger charge is 2.22. The molecule has 0 bridgehead atoms. The zero-order chi connectivity index (χ0) is 10.8. The Hall–Kier alpha value is -1.71. The van der Waals surface area contributed by atoms with E-state index in [-0.39, 0.29) is 0 Å². The van der Waals surface area contributed by atoms with E-state index in [0.717, 1.165) is 17.8 Å². The molecule has 1 aliphatic heterocycles. The molecule has 0 amide bonds. The number of hydrogen-bond donors (Lipinski definition) is 3. The molecule has 1 heterocycles. The monoisotopic (exact) mass is 206 g/mol. The van der Waals surface area contributed by atoms with Gasteiger partial charge in [-0.05, 0) is 24.1 Å². The first-order chi connectivity index (χ1) is 7.20. The van der Waals surface area contributed by atoms with Gasteiger partial charge in [0.1, 0.15) is 6.04 Å². The molecular weight excluding hydrogens is 192 g/mol. The minimum absolute atomic E-state index is 0.426. The summed E-state index contributed by atoms with van der Waals surface area (Å²) in [5, 5.41) is 15.0. The van der Waals surface area contributed by atoms with Gasteiger partial charge in [-0.2, -0.15) is 0 Å². The molecule has 0 aliphatic carbocycles. The van der Waals surface area contributed by atoms with Crippen LogP contribution in [0.25, 0.3) is 0 Å². The Morgan fingerprint density at radius 1 is 1.53 bits per heavy atom. The van der Waals surface area contributed by atoms with Crippen LogP contribution in [0.5, 0.6) is 0 Å². The summed E-state index contributed by atoms with van der Waals surface area (Å²) >= 11 is 0. The molecule has 0 radical (unpaired) electrons. The van der Waals surface area contributed by atoms with Gasteiger partial charge in [-0.15, -0.1) is 0 Å². The van der Waals surface area contributed by atoms with Crippen molar-refractivity contribution in [1.29, 1.82) is 0 Å². The Bertz CT molecular complexity index is 390. The molecule has 1 aliphatic rings. The van der Waals surface area contributed by atoms with Gasteiger partial charge in [0.05, 0.1) is 11.4 Å². The molecule has 2 rings (SSSR count). The number of anilines is 2. The number of hydrogen-bond acceptors (Lipinski definition) is 3. The fraction of sp³-hybridized carbons (Fsp3) is 0.364. The highest BCUT2D eigenvalue weighted by atomic mass is 16.4. The lowest BCUT2D eigenvalue weighted by Gasteiger charge is -2.25. The van der Waals surface area contributed by atoms with E-state index in [0.29, 0.717) is 6.54 Å². The van der Waals surface area contributed by atoms with Crippen molar-refractivity contribution in [3.63, 3.8) is 0 Å². The minimum atomic E-state index is -0.826. The Kier molecular flexibility index (Phi) is 2.49. The summed E-state index contributed by atoms with van der Waals surface area (Å²) in [6, 6.07) is 5.46. The molecule has 3 N–H and O–H groups in total. The van der Waals surface area contributed by atoms with Crippen LogP contribution in [-0.4, -0.2) is 23.7 Å². The second kappa shape index (κ2) is 3.81. The van der Waals surface area contributed by atoms with E-state index in [1.54, 1.807) is 0 Å². The molecule has 0 aromatic heterocycles. The second-order valence-electron chi connectivity index (χ2n) is 3.65. The molecule has 1 atom stereocenters. The summed E-state index contributed by atoms with van der Waals surface area (Å²) in [5.74, 6) is -0.826. The number of aliphatic carboxylic acids is 1. The van der Waals surface area contributed by atoms with E-state index in [1.807, 2.05) is 12.1 Å². The summed E-state index contributed by atoms with van der Waals surface area (Å²) < 4.78 is 0. The average Bonchev–Trinajstić information content (AvgIpc) is 2.27. The van der Waals surface area contributed by atoms with E-state index in [1.165, 1.54) is 5.56 Å². The lowest BCUT2D eigenvalue weighted by Crippen LogP contribution is -2.39. The number of fused-ring (bicyclic) bond motifs is 1. The van der Waals surface area contributed by atoms with Crippen LogP contribution in [0.15, 0.2) is 18.2 Å². The zero-order valence-electron chi connectivity index (χ0n) is 8.58. The number of carboxylic acid groups (broad SMARTS) is 1. The summed E-state index contributed by atoms with van der Waals surface area (Å²) in [4.78, 5) is 10.8. The number of carboxylic acids is 1. The second-order valence-corrected chi connectivity index (χ2v) is 3.65. The summed E-state index contributed by atoms with van der Waals surface area (Å²) in [6.45, 7) is 2.52. The van der Waals surface area contributed by atoms with Crippen LogP contribution >= 0.6 is 0 Å². The minimum Gasteiger partial charge on any atom is -0.480 e. The first kappa shape index (κ1) is 9.83. The van der Waals surface area contributed by atoms with Gasteiger partial charge in [0.2, 0.25) is 0 Å². The molecule has 0 fully saturated rings. The molecule has 0 spiro atoms. The van der Waals surface area contributed by atoms with Gasteiger partial charge in [-0.25, -0.2) is 4.79 Å². The van der Waals surface area contributed by atoms with Gasteiger partial charge in [0.25, 0.3) is 0 Å². The number of aryl methyl sites for hydroxylation is 1. The van der Waals surface area contributed by atoms with E-state index in [2.05, 4.69) is 23.6 Å². The van der Waals surface area contributed by atoms with Gasteiger partial charge in [0.15, 0.2) is 0 Å². The third kappa shape index (κ3) is 1.88. The van der Waals surface area contributed by atoms with Crippen LogP contribution in [0.3, 0.4) is 0 Å². The van der Waals surface area contributed by atoms with Crippen molar-refractivity contribution < 1.29 is 9.90 Å². The predicted octanol–water partition coefficient (Wildman–Crippen LogP) is 1.54. The maximum atomic E-state index is 10.8. The number of benzene rings is 1. The van der Waals surface area contributed by atoms with Crippen LogP contribution in [0, 0.1) is 0 Å². The zero-order valence-corrected chi connectivity index (χ0v) is 8.58. The van der Waals surface area contributed by atoms with Crippen molar-refractivity contribution in [2.75, 3.05) is 17.2 Å². The fourth-order valence-electron chi connectivity index (χ4n) is 1.68. The highest BCUT2D eigenvalue weighted by molar-refractivity contribution is 5.83. The Morgan fingerprint density at radius 2 is 2.33 bits per heavy atom. The molecule has 1 aromatic rings. The smallest absolute Gasteiger partial charge is 0.327 e. The largest absolute Gasteiger partial charge is 0.480 e. The van der Waals surface area contributed by atoms with E-state index in [9.17, 15) is 4.79 Å². The molecular formula is C11H14N2O2. The topological polar surface area (TPSA) is 61.4 Å². The van der Waals surface area contributed by atoms with Crippen LogP contribution in [0.2, 0.25) is 0 Å². The van der Waals surface area contributed by atoms with Gasteiger partial charge in [0, 0.05) is 6.54 Å². The average molecular weight is 206 g/mol. The molecule has 4 nitrogen and oxygen atoms in total. The van der Waals surface area contributed by atoms with Crippen LogP contribution in [-0.2, 0) is 11.2 Å². The van der Waals surface area contributed by atoms with Crippen molar-refractivity contribution in [3.05, 3.63) is 23.8 Å². The number of rotatable bonds is 2. The Balaban J connectivity index is 2.24. The third-order valence-corrected chi connectivity index (χ3v) is 2.62. The summed E-state index contributed by atoms with van der Waals surface area (Å²) in [7, 11) is 0. The van der Waals surface area contributed by atoms with Crippen LogP contribution < -0.4 is 10.6 Å². The van der Waals surface area contributed by atoms with Crippen molar-refractivity contribution in [1.82, 2.24) is 0 Å². The maximum Gasteiger partial charge on any atom is 0.327 e. The Labute approximate surface area is 88.3 Å². The molecule has 15 heavy (non-hydrogen) atoms. The molecule has 0 saturated heterocycles. The maximum absolute atomic E-state index is 10.8. The van der Waals surface area contributed by atoms with E-state index >= 15 is 0 Å². The normalized spacial score (nSPS) is 18.6. The van der Waals surface area contributed by atoms with Crippen LogP contribution in [0.4, 0.5) is 11.4 Å². The fourth-order valence-corrected chi connectivity index (χ4v) is 1.68. The Morgan fingerprint density at radius 3 is 3.00 bits per heavy atom. The SMILES string of the molecule is CCc1ccc2c(c1)NCC(C(=O)O)N2. The predicted molar refractivity (Wildman–Crippen MR) is 59.4 cm³/mol. The van der Waals surface area contributed by atoms with E-state index in [4.69, 9.17) is 5.11 Å². The number of nitrogens with one attached hydrogen (secondary N) is 2. The lowest BCUT2D eigenvalue weighted by molar-refractivity contribution is -0.137. The first-order valence-electron chi connectivity index (χ1n) is 5.07. The van der Waals surface area contributed by atoms with Gasteiger partial charge < -0.3 is 15.7 Å². The molecule has 80 valence electrons. The molecule has 4 heteroatoms. The summed E-state index contributed by atoms with van der Waals surface area (Å²) in [5.41, 5.74) is 3.11. The highest BCUT2D eigenvalue weighted by Crippen LogP contribution is 2.27. The molecule has 0 saturated carbocycles. The van der Waals surface area contributed by atoms with Crippen molar-refractivity contribution in [2.45, 2.75) is 19.4 Å². The van der Waals surface area contributed by atoms with Crippen molar-refractivity contribution >= 4 is 17.3 Å². The van der Waals surface area contributed by atoms with Gasteiger partial charge in [-0.3, -0.25) is 0 Å².